The Morgan fingerprint density at radius 1 is 1.39 bits per heavy atom. The second-order valence-corrected chi connectivity index (χ2v) is 7.09. The van der Waals surface area contributed by atoms with Gasteiger partial charge in [-0.2, -0.15) is 0 Å². The van der Waals surface area contributed by atoms with E-state index in [0.717, 1.165) is 5.56 Å². The van der Waals surface area contributed by atoms with Crippen LogP contribution in [0.2, 0.25) is 0 Å². The van der Waals surface area contributed by atoms with E-state index in [1.807, 2.05) is 6.07 Å². The van der Waals surface area contributed by atoms with Crippen LogP contribution in [0.5, 0.6) is 0 Å². The van der Waals surface area contributed by atoms with Gasteiger partial charge < -0.3 is 15.7 Å². The summed E-state index contributed by atoms with van der Waals surface area (Å²) in [6.45, 7) is 1.42. The molecule has 1 aromatic carbocycles. The van der Waals surface area contributed by atoms with Gasteiger partial charge in [-0.1, -0.05) is 30.3 Å². The predicted molar refractivity (Wildman–Crippen MR) is 69.6 cm³/mol. The second-order valence-electron chi connectivity index (χ2n) is 4.40. The first-order valence-electron chi connectivity index (χ1n) is 5.66. The van der Waals surface area contributed by atoms with Crippen molar-refractivity contribution < 1.29 is 19.4 Å². The number of nitrogens with two attached hydrogens (primary N) is 1. The SMILES string of the molecule is C[C@@H](N)P(=O)(O)C[C@H](Cc1ccccc1)C(=O)O. The zero-order chi connectivity index (χ0) is 13.8. The Balaban J connectivity index is 2.79. The number of benzene rings is 1. The highest BCUT2D eigenvalue weighted by atomic mass is 31.2. The van der Waals surface area contributed by atoms with Crippen LogP contribution in [0.3, 0.4) is 0 Å². The molecule has 0 spiro atoms. The Morgan fingerprint density at radius 3 is 2.39 bits per heavy atom. The number of carboxylic acids is 1. The van der Waals surface area contributed by atoms with Gasteiger partial charge in [0.2, 0.25) is 7.37 Å². The van der Waals surface area contributed by atoms with Gasteiger partial charge >= 0.3 is 5.97 Å². The van der Waals surface area contributed by atoms with E-state index in [-0.39, 0.29) is 12.6 Å². The van der Waals surface area contributed by atoms with Crippen molar-refractivity contribution in [3.63, 3.8) is 0 Å². The lowest BCUT2D eigenvalue weighted by molar-refractivity contribution is -0.141. The van der Waals surface area contributed by atoms with Gasteiger partial charge in [-0.3, -0.25) is 9.36 Å². The highest BCUT2D eigenvalue weighted by molar-refractivity contribution is 7.58. The first-order valence-corrected chi connectivity index (χ1v) is 7.58. The molecule has 0 aliphatic carbocycles. The molecule has 0 amide bonds. The molecular weight excluding hydrogens is 253 g/mol. The average Bonchev–Trinajstić information content (AvgIpc) is 2.29. The van der Waals surface area contributed by atoms with Crippen molar-refractivity contribution in [3.05, 3.63) is 35.9 Å². The third-order valence-electron chi connectivity index (χ3n) is 2.79. The zero-order valence-electron chi connectivity index (χ0n) is 10.2. The van der Waals surface area contributed by atoms with Crippen LogP contribution in [0.1, 0.15) is 12.5 Å². The van der Waals surface area contributed by atoms with Gasteiger partial charge in [-0.05, 0) is 18.9 Å². The summed E-state index contributed by atoms with van der Waals surface area (Å²) in [4.78, 5) is 20.8. The van der Waals surface area contributed by atoms with Crippen molar-refractivity contribution >= 4 is 13.3 Å². The Morgan fingerprint density at radius 2 is 1.94 bits per heavy atom. The lowest BCUT2D eigenvalue weighted by atomic mass is 10.0. The van der Waals surface area contributed by atoms with Crippen molar-refractivity contribution in [2.75, 3.05) is 6.16 Å². The quantitative estimate of drug-likeness (QED) is 0.681. The van der Waals surface area contributed by atoms with E-state index < -0.39 is 25.0 Å². The van der Waals surface area contributed by atoms with E-state index in [4.69, 9.17) is 10.8 Å². The maximum absolute atomic E-state index is 11.8. The Labute approximate surface area is 106 Å². The van der Waals surface area contributed by atoms with Gasteiger partial charge in [0, 0.05) is 6.16 Å². The summed E-state index contributed by atoms with van der Waals surface area (Å²) < 4.78 is 11.8. The summed E-state index contributed by atoms with van der Waals surface area (Å²) in [5, 5.41) is 9.11. The molecule has 0 bridgehead atoms. The van der Waals surface area contributed by atoms with E-state index in [2.05, 4.69) is 0 Å². The first kappa shape index (κ1) is 14.9. The zero-order valence-corrected chi connectivity index (χ0v) is 11.1. The number of carboxylic acid groups (broad SMARTS) is 1. The van der Waals surface area contributed by atoms with Crippen molar-refractivity contribution in [1.29, 1.82) is 0 Å². The fourth-order valence-electron chi connectivity index (χ4n) is 1.61. The summed E-state index contributed by atoms with van der Waals surface area (Å²) in [7, 11) is -3.61. The van der Waals surface area contributed by atoms with Gasteiger partial charge in [0.1, 0.15) is 0 Å². The van der Waals surface area contributed by atoms with Crippen molar-refractivity contribution in [2.24, 2.45) is 11.7 Å². The van der Waals surface area contributed by atoms with E-state index in [0.29, 0.717) is 0 Å². The standard InChI is InChI=1S/C12H18NO4P/c1-9(13)18(16,17)8-11(12(14)15)7-10-5-3-2-4-6-10/h2-6,9,11H,7-8,13H2,1H3,(H,14,15)(H,16,17)/t9-,11-/m0/s1. The Kier molecular flexibility index (Phi) is 5.08. The summed E-state index contributed by atoms with van der Waals surface area (Å²) in [6, 6.07) is 9.03. The summed E-state index contributed by atoms with van der Waals surface area (Å²) in [5.41, 5.74) is 6.23. The van der Waals surface area contributed by atoms with Crippen LogP contribution in [-0.4, -0.2) is 27.9 Å². The van der Waals surface area contributed by atoms with Crippen LogP contribution < -0.4 is 5.73 Å². The van der Waals surface area contributed by atoms with Gasteiger partial charge in [-0.15, -0.1) is 0 Å². The minimum Gasteiger partial charge on any atom is -0.481 e. The molecule has 1 unspecified atom stereocenters. The highest BCUT2D eigenvalue weighted by Gasteiger charge is 2.31. The minimum absolute atomic E-state index is 0.230. The fraction of sp³-hybridized carbons (Fsp3) is 0.417. The Hall–Kier alpha value is -1.16. The average molecular weight is 271 g/mol. The summed E-state index contributed by atoms with van der Waals surface area (Å²) in [5.74, 6) is -2.88. The molecule has 0 fully saturated rings. The lowest BCUT2D eigenvalue weighted by Crippen LogP contribution is -2.26. The number of hydrogen-bond acceptors (Lipinski definition) is 3. The van der Waals surface area contributed by atoms with E-state index in [9.17, 15) is 14.3 Å². The molecule has 0 aliphatic heterocycles. The molecule has 0 saturated heterocycles. The predicted octanol–water partition coefficient (Wildman–Crippen LogP) is 1.51. The fourth-order valence-corrected chi connectivity index (χ4v) is 2.86. The summed E-state index contributed by atoms with van der Waals surface area (Å²) >= 11 is 0. The van der Waals surface area contributed by atoms with Crippen molar-refractivity contribution in [3.8, 4) is 0 Å². The molecule has 0 saturated carbocycles. The van der Waals surface area contributed by atoms with E-state index in [1.54, 1.807) is 24.3 Å². The number of carbonyl (C=O) groups is 1. The lowest BCUT2D eigenvalue weighted by Gasteiger charge is -2.19. The van der Waals surface area contributed by atoms with Gasteiger partial charge in [-0.25, -0.2) is 0 Å². The molecular formula is C12H18NO4P. The molecule has 5 nitrogen and oxygen atoms in total. The molecule has 1 rings (SSSR count). The van der Waals surface area contributed by atoms with Gasteiger partial charge in [0.25, 0.3) is 0 Å². The van der Waals surface area contributed by atoms with Gasteiger partial charge in [0.05, 0.1) is 11.7 Å². The summed E-state index contributed by atoms with van der Waals surface area (Å²) in [6.07, 6.45) is -0.0671. The highest BCUT2D eigenvalue weighted by Crippen LogP contribution is 2.45. The molecule has 1 aromatic rings. The Bertz CT molecular complexity index is 447. The monoisotopic (exact) mass is 271 g/mol. The molecule has 6 heteroatoms. The normalized spacial score (nSPS) is 17.7. The third-order valence-corrected chi connectivity index (χ3v) is 5.03. The van der Waals surface area contributed by atoms with Crippen LogP contribution in [0.15, 0.2) is 30.3 Å². The smallest absolute Gasteiger partial charge is 0.307 e. The van der Waals surface area contributed by atoms with Gasteiger partial charge in [0.15, 0.2) is 0 Å². The van der Waals surface area contributed by atoms with Crippen LogP contribution >= 0.6 is 7.37 Å². The first-order chi connectivity index (χ1) is 8.33. The largest absolute Gasteiger partial charge is 0.481 e. The van der Waals surface area contributed by atoms with Crippen molar-refractivity contribution in [2.45, 2.75) is 19.1 Å². The number of hydrogen-bond donors (Lipinski definition) is 3. The maximum atomic E-state index is 11.8. The van der Waals surface area contributed by atoms with E-state index in [1.165, 1.54) is 6.92 Å². The van der Waals surface area contributed by atoms with Crippen molar-refractivity contribution in [1.82, 2.24) is 0 Å². The molecule has 0 heterocycles. The van der Waals surface area contributed by atoms with Crippen LogP contribution in [0, 0.1) is 5.92 Å². The van der Waals surface area contributed by atoms with Crippen LogP contribution in [0.4, 0.5) is 0 Å². The van der Waals surface area contributed by atoms with Crippen LogP contribution in [0.25, 0.3) is 0 Å². The minimum atomic E-state index is -3.61. The number of rotatable bonds is 6. The number of aliphatic carboxylic acids is 1. The molecule has 0 aliphatic rings. The molecule has 4 N–H and O–H groups in total. The molecule has 100 valence electrons. The topological polar surface area (TPSA) is 101 Å². The molecule has 0 radical (unpaired) electrons. The molecule has 3 atom stereocenters. The molecule has 0 aromatic heterocycles. The molecule has 18 heavy (non-hydrogen) atoms. The van der Waals surface area contributed by atoms with Crippen LogP contribution in [-0.2, 0) is 15.8 Å². The maximum Gasteiger partial charge on any atom is 0.307 e. The van der Waals surface area contributed by atoms with E-state index >= 15 is 0 Å². The second kappa shape index (κ2) is 6.14. The third kappa shape index (κ3) is 4.26.